The van der Waals surface area contributed by atoms with E-state index in [0.717, 1.165) is 25.7 Å². The lowest BCUT2D eigenvalue weighted by atomic mass is 9.99. The Hall–Kier alpha value is -1.69. The molecule has 1 aromatic heterocycles. The van der Waals surface area contributed by atoms with Gasteiger partial charge in [-0.2, -0.15) is 0 Å². The Morgan fingerprint density at radius 2 is 2.00 bits per heavy atom. The van der Waals surface area contributed by atoms with Crippen LogP contribution in [-0.4, -0.2) is 35.8 Å². The monoisotopic (exact) mass is 307 g/mol. The smallest absolute Gasteiger partial charge is 0.348 e. The van der Waals surface area contributed by atoms with E-state index in [2.05, 4.69) is 0 Å². The third-order valence-corrected chi connectivity index (χ3v) is 5.12. The maximum atomic E-state index is 12.0. The van der Waals surface area contributed by atoms with Crippen LogP contribution < -0.4 is 0 Å². The van der Waals surface area contributed by atoms with Crippen LogP contribution in [0.15, 0.2) is 6.07 Å². The normalized spacial score (nSPS) is 17.7. The third kappa shape index (κ3) is 3.00. The highest BCUT2D eigenvalue weighted by Crippen LogP contribution is 2.30. The molecule has 1 saturated heterocycles. The highest BCUT2D eigenvalue weighted by molar-refractivity contribution is 7.14. The lowest BCUT2D eigenvalue weighted by Gasteiger charge is -2.12. The van der Waals surface area contributed by atoms with E-state index in [0.29, 0.717) is 24.3 Å². The lowest BCUT2D eigenvalue weighted by Crippen LogP contribution is -2.35. The van der Waals surface area contributed by atoms with Crippen LogP contribution in [0.5, 0.6) is 0 Å². The minimum absolute atomic E-state index is 0.178. The van der Waals surface area contributed by atoms with Crippen LogP contribution in [0.3, 0.4) is 0 Å². The van der Waals surface area contributed by atoms with E-state index in [9.17, 15) is 14.4 Å². The number of imide groups is 1. The number of hydrogen-bond donors (Lipinski definition) is 0. The van der Waals surface area contributed by atoms with Gasteiger partial charge in [0.2, 0.25) is 5.91 Å². The zero-order valence-corrected chi connectivity index (χ0v) is 12.5. The van der Waals surface area contributed by atoms with Crippen LogP contribution >= 0.6 is 11.3 Å². The molecule has 5 nitrogen and oxygen atoms in total. The van der Waals surface area contributed by atoms with Crippen molar-refractivity contribution in [3.63, 3.8) is 0 Å². The van der Waals surface area contributed by atoms with Gasteiger partial charge in [-0.05, 0) is 43.7 Å². The van der Waals surface area contributed by atoms with E-state index in [1.807, 2.05) is 6.07 Å². The Morgan fingerprint density at radius 3 is 2.71 bits per heavy atom. The summed E-state index contributed by atoms with van der Waals surface area (Å²) in [6, 6.07) is 1.88. The lowest BCUT2D eigenvalue weighted by molar-refractivity contribution is -0.143. The van der Waals surface area contributed by atoms with Gasteiger partial charge in [0.25, 0.3) is 5.91 Å². The number of rotatable bonds is 3. The highest BCUT2D eigenvalue weighted by Gasteiger charge is 2.27. The van der Waals surface area contributed by atoms with Gasteiger partial charge in [-0.25, -0.2) is 4.79 Å². The van der Waals surface area contributed by atoms with Gasteiger partial charge in [-0.15, -0.1) is 11.3 Å². The first-order valence-corrected chi connectivity index (χ1v) is 8.08. The second-order valence-corrected chi connectivity index (χ2v) is 6.52. The number of amides is 2. The molecule has 2 aliphatic rings. The van der Waals surface area contributed by atoms with Crippen molar-refractivity contribution < 1.29 is 19.1 Å². The van der Waals surface area contributed by atoms with Gasteiger partial charge in [0.05, 0.1) is 0 Å². The maximum absolute atomic E-state index is 12.0. The Kier molecular flexibility index (Phi) is 4.05. The summed E-state index contributed by atoms with van der Waals surface area (Å²) in [7, 11) is 0. The van der Waals surface area contributed by atoms with Crippen LogP contribution in [0.2, 0.25) is 0 Å². The second-order valence-electron chi connectivity index (χ2n) is 5.38. The molecule has 6 heteroatoms. The summed E-state index contributed by atoms with van der Waals surface area (Å²) in [5.74, 6) is -1.07. The van der Waals surface area contributed by atoms with Crippen molar-refractivity contribution >= 4 is 29.1 Å². The molecular formula is C15H17NO4S. The molecule has 1 aliphatic heterocycles. The van der Waals surface area contributed by atoms with E-state index in [4.69, 9.17) is 4.74 Å². The number of esters is 1. The minimum Gasteiger partial charge on any atom is -0.451 e. The number of ether oxygens (including phenoxy) is 1. The molecule has 0 spiro atoms. The van der Waals surface area contributed by atoms with Crippen molar-refractivity contribution in [1.82, 2.24) is 4.90 Å². The zero-order chi connectivity index (χ0) is 14.8. The van der Waals surface area contributed by atoms with Gasteiger partial charge in [-0.1, -0.05) is 0 Å². The molecule has 0 atom stereocenters. The van der Waals surface area contributed by atoms with Gasteiger partial charge in [0, 0.05) is 17.8 Å². The number of nitrogens with zero attached hydrogens (tertiary/aromatic N) is 1. The van der Waals surface area contributed by atoms with Crippen molar-refractivity contribution in [3.8, 4) is 0 Å². The van der Waals surface area contributed by atoms with E-state index in [1.165, 1.54) is 26.7 Å². The highest BCUT2D eigenvalue weighted by atomic mass is 32.1. The predicted octanol–water partition coefficient (Wildman–Crippen LogP) is 1.93. The first-order chi connectivity index (χ1) is 10.1. The van der Waals surface area contributed by atoms with Crippen LogP contribution in [0.25, 0.3) is 0 Å². The van der Waals surface area contributed by atoms with Crippen molar-refractivity contribution in [2.45, 2.75) is 38.5 Å². The minimum atomic E-state index is -0.464. The quantitative estimate of drug-likeness (QED) is 0.801. The fraction of sp³-hybridized carbons (Fsp3) is 0.533. The predicted molar refractivity (Wildman–Crippen MR) is 77.2 cm³/mol. The Labute approximate surface area is 126 Å². The average molecular weight is 307 g/mol. The first kappa shape index (κ1) is 14.3. The molecule has 0 N–H and O–H groups in total. The fourth-order valence-corrected chi connectivity index (χ4v) is 3.93. The summed E-state index contributed by atoms with van der Waals surface area (Å²) in [5, 5.41) is 0. The largest absolute Gasteiger partial charge is 0.451 e. The topological polar surface area (TPSA) is 63.7 Å². The molecule has 0 bridgehead atoms. The van der Waals surface area contributed by atoms with Crippen LogP contribution in [-0.2, 0) is 27.2 Å². The van der Waals surface area contributed by atoms with Crippen molar-refractivity contribution in [2.24, 2.45) is 0 Å². The molecule has 1 aromatic rings. The average Bonchev–Trinajstić information content (AvgIpc) is 3.10. The van der Waals surface area contributed by atoms with Crippen LogP contribution in [0.4, 0.5) is 0 Å². The number of carbonyl (C=O) groups excluding carboxylic acids is 3. The molecule has 0 saturated carbocycles. The summed E-state index contributed by atoms with van der Waals surface area (Å²) in [4.78, 5) is 38.2. The van der Waals surface area contributed by atoms with E-state index < -0.39 is 11.9 Å². The fourth-order valence-electron chi connectivity index (χ4n) is 2.78. The van der Waals surface area contributed by atoms with Gasteiger partial charge >= 0.3 is 5.97 Å². The van der Waals surface area contributed by atoms with Crippen molar-refractivity contribution in [3.05, 3.63) is 21.4 Å². The van der Waals surface area contributed by atoms with Gasteiger partial charge in [0.1, 0.15) is 4.88 Å². The number of fused-ring (bicyclic) bond motifs is 1. The van der Waals surface area contributed by atoms with Crippen molar-refractivity contribution in [2.75, 3.05) is 13.2 Å². The molecule has 112 valence electrons. The number of aryl methyl sites for hydroxylation is 2. The molecule has 0 unspecified atom stereocenters. The number of carbonyl (C=O) groups is 3. The maximum Gasteiger partial charge on any atom is 0.348 e. The Morgan fingerprint density at radius 1 is 1.19 bits per heavy atom. The molecule has 2 amide bonds. The SMILES string of the molecule is O=C(OCC(=O)N1CCCC1=O)c1cc2c(s1)CCCC2. The van der Waals surface area contributed by atoms with Gasteiger partial charge in [0.15, 0.2) is 6.61 Å². The van der Waals surface area contributed by atoms with Crippen LogP contribution in [0, 0.1) is 0 Å². The van der Waals surface area contributed by atoms with Crippen LogP contribution in [0.1, 0.15) is 45.8 Å². The molecule has 0 radical (unpaired) electrons. The molecule has 1 aliphatic carbocycles. The van der Waals surface area contributed by atoms with E-state index >= 15 is 0 Å². The number of thiophene rings is 1. The number of likely N-dealkylation sites (tertiary alicyclic amines) is 1. The van der Waals surface area contributed by atoms with E-state index in [-0.39, 0.29) is 12.5 Å². The van der Waals surface area contributed by atoms with Gasteiger partial charge in [-0.3, -0.25) is 14.5 Å². The molecule has 0 aromatic carbocycles. The van der Waals surface area contributed by atoms with E-state index in [1.54, 1.807) is 0 Å². The number of hydrogen-bond acceptors (Lipinski definition) is 5. The third-order valence-electron chi connectivity index (χ3n) is 3.90. The summed E-state index contributed by atoms with van der Waals surface area (Å²) in [5.41, 5.74) is 1.24. The molecule has 3 rings (SSSR count). The summed E-state index contributed by atoms with van der Waals surface area (Å²) in [6.45, 7) is 0.0790. The standard InChI is InChI=1S/C15H17NO4S/c17-13-6-3-7-16(13)14(18)9-20-15(19)12-8-10-4-1-2-5-11(10)21-12/h8H,1-7,9H2. The Balaban J connectivity index is 1.57. The summed E-state index contributed by atoms with van der Waals surface area (Å²) < 4.78 is 5.06. The summed E-state index contributed by atoms with van der Waals surface area (Å²) >= 11 is 1.46. The molecule has 2 heterocycles. The summed E-state index contributed by atoms with van der Waals surface area (Å²) in [6.07, 6.45) is 5.45. The first-order valence-electron chi connectivity index (χ1n) is 7.27. The van der Waals surface area contributed by atoms with Gasteiger partial charge < -0.3 is 4.74 Å². The molecule has 21 heavy (non-hydrogen) atoms. The molecular weight excluding hydrogens is 290 g/mol. The zero-order valence-electron chi connectivity index (χ0n) is 11.7. The van der Waals surface area contributed by atoms with Crippen molar-refractivity contribution in [1.29, 1.82) is 0 Å². The molecule has 1 fully saturated rings. The second kappa shape index (κ2) is 5.97. The Bertz CT molecular complexity index is 569.